The van der Waals surface area contributed by atoms with Gasteiger partial charge in [0, 0.05) is 42.0 Å². The number of carboxylic acids is 1. The fourth-order valence-corrected chi connectivity index (χ4v) is 5.53. The van der Waals surface area contributed by atoms with E-state index >= 15 is 0 Å². The van der Waals surface area contributed by atoms with Crippen LogP contribution in [0.1, 0.15) is 40.5 Å². The number of rotatable bonds is 12. The molecule has 2 aliphatic rings. The molecule has 2 rings (SSSR count). The zero-order chi connectivity index (χ0) is 25.1. The van der Waals surface area contributed by atoms with Crippen molar-refractivity contribution in [2.24, 2.45) is 11.3 Å². The van der Waals surface area contributed by atoms with E-state index in [-0.39, 0.29) is 49.2 Å². The molecule has 2 saturated heterocycles. The van der Waals surface area contributed by atoms with Gasteiger partial charge in [0.2, 0.25) is 17.7 Å². The normalized spacial score (nSPS) is 25.8. The molecule has 5 atom stereocenters. The monoisotopic (exact) mass is 489 g/mol. The van der Waals surface area contributed by atoms with Crippen LogP contribution in [0.3, 0.4) is 0 Å². The Balaban J connectivity index is 1.73. The van der Waals surface area contributed by atoms with E-state index < -0.39 is 41.0 Å². The van der Waals surface area contributed by atoms with Crippen LogP contribution in [0.15, 0.2) is 0 Å². The number of hydrogen-bond donors (Lipinski definition) is 6. The van der Waals surface area contributed by atoms with E-state index in [2.05, 4.69) is 10.6 Å². The maximum atomic E-state index is 12.4. The average molecular weight is 490 g/mol. The molecule has 2 aliphatic heterocycles. The molecule has 0 aliphatic carbocycles. The fourth-order valence-electron chi connectivity index (χ4n) is 4.24. The molecule has 12 heteroatoms. The van der Waals surface area contributed by atoms with E-state index in [1.165, 1.54) is 16.7 Å². The molecule has 3 amide bonds. The summed E-state index contributed by atoms with van der Waals surface area (Å²) < 4.78 is 0. The van der Waals surface area contributed by atoms with Gasteiger partial charge in [0.05, 0.1) is 18.1 Å². The van der Waals surface area contributed by atoms with Crippen LogP contribution in [0.25, 0.3) is 0 Å². The number of carboxylic acid groups (broad SMARTS) is 1. The Kier molecular flexibility index (Phi) is 8.77. The first kappa shape index (κ1) is 27.4. The van der Waals surface area contributed by atoms with Crippen LogP contribution in [-0.4, -0.2) is 104 Å². The Morgan fingerprint density at radius 3 is 2.36 bits per heavy atom. The predicted molar refractivity (Wildman–Crippen MR) is 120 cm³/mol. The first-order valence-electron chi connectivity index (χ1n) is 10.9. The van der Waals surface area contributed by atoms with Gasteiger partial charge < -0.3 is 36.0 Å². The van der Waals surface area contributed by atoms with Crippen LogP contribution in [0.2, 0.25) is 0 Å². The van der Waals surface area contributed by atoms with Crippen molar-refractivity contribution in [3.05, 3.63) is 0 Å². The standard InChI is InChI=1S/C21H35N3O8S/c1-20(2,10-25)16(27)17(28)23-6-5-13(26)22-7-8-33-12-9-11-14(21(3,4)32)18(29)24(11)15(12)19(30)31/h11-12,14-16,25,27,32H,5-10H2,1-4H3,(H,22,26)(H,23,28)(H,30,31). The van der Waals surface area contributed by atoms with E-state index in [0.717, 1.165) is 0 Å². The lowest BCUT2D eigenvalue weighted by atomic mass is 9.76. The number of aliphatic carboxylic acids is 1. The van der Waals surface area contributed by atoms with Gasteiger partial charge in [-0.2, -0.15) is 11.8 Å². The van der Waals surface area contributed by atoms with Gasteiger partial charge in [-0.05, 0) is 20.3 Å². The Bertz CT molecular complexity index is 769. The lowest BCUT2D eigenvalue weighted by Gasteiger charge is -2.49. The molecule has 0 saturated carbocycles. The summed E-state index contributed by atoms with van der Waals surface area (Å²) in [5.74, 6) is -2.57. The SMILES string of the molecule is CC(C)(O)C1C(=O)N2C1CC(SCCNC(=O)CCNC(=O)C(O)C(C)(C)CO)C2C(=O)O. The Morgan fingerprint density at radius 1 is 1.18 bits per heavy atom. The molecule has 0 radical (unpaired) electrons. The van der Waals surface area contributed by atoms with Crippen molar-refractivity contribution in [3.63, 3.8) is 0 Å². The van der Waals surface area contributed by atoms with Crippen LogP contribution >= 0.6 is 11.8 Å². The van der Waals surface area contributed by atoms with Gasteiger partial charge in [-0.15, -0.1) is 0 Å². The first-order chi connectivity index (χ1) is 15.2. The number of carbonyl (C=O) groups excluding carboxylic acids is 3. The summed E-state index contributed by atoms with van der Waals surface area (Å²) in [5, 5.41) is 43.7. The van der Waals surface area contributed by atoms with Gasteiger partial charge in [0.15, 0.2) is 0 Å². The van der Waals surface area contributed by atoms with Gasteiger partial charge in [0.25, 0.3) is 0 Å². The van der Waals surface area contributed by atoms with E-state index in [9.17, 15) is 39.6 Å². The summed E-state index contributed by atoms with van der Waals surface area (Å²) in [5.41, 5.74) is -2.21. The molecule has 11 nitrogen and oxygen atoms in total. The predicted octanol–water partition coefficient (Wildman–Crippen LogP) is -1.46. The van der Waals surface area contributed by atoms with Gasteiger partial charge in [-0.3, -0.25) is 14.4 Å². The molecule has 5 unspecified atom stereocenters. The number of thioether (sulfide) groups is 1. The smallest absolute Gasteiger partial charge is 0.327 e. The van der Waals surface area contributed by atoms with Crippen molar-refractivity contribution in [2.75, 3.05) is 25.4 Å². The highest BCUT2D eigenvalue weighted by Gasteiger charge is 2.63. The summed E-state index contributed by atoms with van der Waals surface area (Å²) in [6.45, 7) is 6.14. The third-order valence-electron chi connectivity index (χ3n) is 6.21. The molecule has 0 aromatic heterocycles. The van der Waals surface area contributed by atoms with Crippen molar-refractivity contribution in [1.29, 1.82) is 0 Å². The Labute approximate surface area is 197 Å². The van der Waals surface area contributed by atoms with Gasteiger partial charge in [-0.1, -0.05) is 13.8 Å². The summed E-state index contributed by atoms with van der Waals surface area (Å²) >= 11 is 1.36. The molecule has 0 aromatic carbocycles. The highest BCUT2D eigenvalue weighted by Crippen LogP contribution is 2.47. The molecule has 188 valence electrons. The second-order valence-corrected chi connectivity index (χ2v) is 11.2. The number of fused-ring (bicyclic) bond motifs is 1. The first-order valence-corrected chi connectivity index (χ1v) is 12.0. The fraction of sp³-hybridized carbons (Fsp3) is 0.810. The summed E-state index contributed by atoms with van der Waals surface area (Å²) in [6, 6.07) is -1.26. The number of amides is 3. The molecular formula is C21H35N3O8S. The Morgan fingerprint density at radius 2 is 1.82 bits per heavy atom. The highest BCUT2D eigenvalue weighted by atomic mass is 32.2. The minimum absolute atomic E-state index is 0.00146. The summed E-state index contributed by atoms with van der Waals surface area (Å²) in [4.78, 5) is 49.4. The van der Waals surface area contributed by atoms with Crippen LogP contribution in [-0.2, 0) is 19.2 Å². The topological polar surface area (TPSA) is 176 Å². The molecule has 0 aromatic rings. The highest BCUT2D eigenvalue weighted by molar-refractivity contribution is 8.00. The molecule has 0 spiro atoms. The second kappa shape index (κ2) is 10.6. The number of aliphatic hydroxyl groups excluding tert-OH is 2. The van der Waals surface area contributed by atoms with Crippen molar-refractivity contribution in [3.8, 4) is 0 Å². The van der Waals surface area contributed by atoms with Crippen molar-refractivity contribution in [1.82, 2.24) is 15.5 Å². The van der Waals surface area contributed by atoms with Gasteiger partial charge in [-0.25, -0.2) is 4.79 Å². The van der Waals surface area contributed by atoms with Gasteiger partial charge in [0.1, 0.15) is 12.1 Å². The third kappa shape index (κ3) is 6.17. The van der Waals surface area contributed by atoms with Crippen LogP contribution in [0.4, 0.5) is 0 Å². The number of hydrogen-bond acceptors (Lipinski definition) is 8. The van der Waals surface area contributed by atoms with Crippen molar-refractivity contribution < 1.29 is 39.6 Å². The van der Waals surface area contributed by atoms with Crippen molar-refractivity contribution >= 4 is 35.5 Å². The Hall–Kier alpha value is -1.89. The third-order valence-corrected chi connectivity index (χ3v) is 7.52. The summed E-state index contributed by atoms with van der Waals surface area (Å²) in [6.07, 6.45) is -0.930. The molecule has 2 fully saturated rings. The maximum Gasteiger partial charge on any atom is 0.327 e. The number of nitrogens with zero attached hydrogens (tertiary/aromatic N) is 1. The lowest BCUT2D eigenvalue weighted by Crippen LogP contribution is -2.67. The largest absolute Gasteiger partial charge is 0.480 e. The maximum absolute atomic E-state index is 12.4. The van der Waals surface area contributed by atoms with Crippen LogP contribution in [0, 0.1) is 11.3 Å². The second-order valence-electron chi connectivity index (χ2n) is 9.81. The zero-order valence-corrected chi connectivity index (χ0v) is 20.2. The quantitative estimate of drug-likeness (QED) is 0.141. The van der Waals surface area contributed by atoms with E-state index in [0.29, 0.717) is 12.2 Å². The molecule has 0 bridgehead atoms. The minimum atomic E-state index is -1.40. The zero-order valence-electron chi connectivity index (χ0n) is 19.4. The van der Waals surface area contributed by atoms with Crippen molar-refractivity contribution in [2.45, 2.75) is 69.6 Å². The molecule has 6 N–H and O–H groups in total. The number of nitrogens with one attached hydrogen (secondary N) is 2. The molecule has 2 heterocycles. The minimum Gasteiger partial charge on any atom is -0.480 e. The van der Waals surface area contributed by atoms with Crippen LogP contribution in [0.5, 0.6) is 0 Å². The number of carbonyl (C=O) groups is 4. The number of aliphatic hydroxyl groups is 3. The van der Waals surface area contributed by atoms with E-state index in [4.69, 9.17) is 0 Å². The lowest BCUT2D eigenvalue weighted by molar-refractivity contribution is -0.177. The van der Waals surface area contributed by atoms with E-state index in [1.54, 1.807) is 27.7 Å². The van der Waals surface area contributed by atoms with E-state index in [1.807, 2.05) is 0 Å². The van der Waals surface area contributed by atoms with Gasteiger partial charge >= 0.3 is 5.97 Å². The molecular weight excluding hydrogens is 454 g/mol. The average Bonchev–Trinajstić information content (AvgIpc) is 3.03. The molecule has 33 heavy (non-hydrogen) atoms. The number of β-lactam (4-membered cyclic amide) rings is 1. The summed E-state index contributed by atoms with van der Waals surface area (Å²) in [7, 11) is 0. The van der Waals surface area contributed by atoms with Crippen LogP contribution < -0.4 is 10.6 Å².